The maximum absolute atomic E-state index is 11.7. The summed E-state index contributed by atoms with van der Waals surface area (Å²) < 4.78 is 5.65. The van der Waals surface area contributed by atoms with E-state index in [1.54, 1.807) is 18.5 Å². The minimum absolute atomic E-state index is 0.314. The van der Waals surface area contributed by atoms with Crippen LogP contribution in [-0.2, 0) is 0 Å². The van der Waals surface area contributed by atoms with Crippen molar-refractivity contribution in [2.75, 3.05) is 0 Å². The zero-order chi connectivity index (χ0) is 14.5. The van der Waals surface area contributed by atoms with Crippen LogP contribution in [0.1, 0.15) is 11.3 Å². The van der Waals surface area contributed by atoms with E-state index < -0.39 is 0 Å². The highest BCUT2D eigenvalue weighted by Crippen LogP contribution is 2.17. The van der Waals surface area contributed by atoms with Gasteiger partial charge in [-0.3, -0.25) is 9.78 Å². The normalized spacial score (nSPS) is 10.9. The Morgan fingerprint density at radius 2 is 1.86 bits per heavy atom. The average Bonchev–Trinajstić information content (AvgIpc) is 2.54. The van der Waals surface area contributed by atoms with E-state index in [1.807, 2.05) is 48.5 Å². The summed E-state index contributed by atoms with van der Waals surface area (Å²) in [7, 11) is 0. The summed E-state index contributed by atoms with van der Waals surface area (Å²) in [5, 5.41) is 0. The molecule has 1 aromatic carbocycles. The number of benzene rings is 1. The third-order valence-corrected chi connectivity index (χ3v) is 2.84. The van der Waals surface area contributed by atoms with Gasteiger partial charge in [-0.2, -0.15) is 4.98 Å². The van der Waals surface area contributed by atoms with Gasteiger partial charge in [-0.1, -0.05) is 24.3 Å². The van der Waals surface area contributed by atoms with Gasteiger partial charge in [0.05, 0.1) is 0 Å². The summed E-state index contributed by atoms with van der Waals surface area (Å²) in [4.78, 5) is 19.6. The van der Waals surface area contributed by atoms with Crippen molar-refractivity contribution in [3.05, 3.63) is 82.6 Å². The van der Waals surface area contributed by atoms with E-state index in [2.05, 4.69) is 9.97 Å². The second kappa shape index (κ2) is 5.96. The van der Waals surface area contributed by atoms with E-state index in [0.29, 0.717) is 11.7 Å². The van der Waals surface area contributed by atoms with E-state index in [4.69, 9.17) is 4.42 Å². The lowest BCUT2D eigenvalue weighted by Gasteiger charge is -2.00. The summed E-state index contributed by atoms with van der Waals surface area (Å²) in [6, 6.07) is 14.5. The van der Waals surface area contributed by atoms with Crippen LogP contribution >= 0.6 is 0 Å². The predicted molar refractivity (Wildman–Crippen MR) is 81.4 cm³/mol. The summed E-state index contributed by atoms with van der Waals surface area (Å²) in [6.07, 6.45) is 7.00. The quantitative estimate of drug-likeness (QED) is 0.736. The molecule has 4 nitrogen and oxygen atoms in total. The van der Waals surface area contributed by atoms with Crippen LogP contribution in [0.5, 0.6) is 0 Å². The Balaban J connectivity index is 1.95. The third kappa shape index (κ3) is 3.30. The lowest BCUT2D eigenvalue weighted by atomic mass is 10.2. The van der Waals surface area contributed by atoms with Gasteiger partial charge in [0.1, 0.15) is 5.76 Å². The molecule has 2 heterocycles. The smallest absolute Gasteiger partial charge is 0.276 e. The maximum Gasteiger partial charge on any atom is 0.276 e. The molecule has 102 valence electrons. The zero-order valence-electron chi connectivity index (χ0n) is 11.1. The monoisotopic (exact) mass is 276 g/mol. The predicted octanol–water partition coefficient (Wildman–Crippen LogP) is 3.27. The number of pyridine rings is 1. The van der Waals surface area contributed by atoms with Crippen molar-refractivity contribution in [3.8, 4) is 11.5 Å². The third-order valence-electron chi connectivity index (χ3n) is 2.84. The Kier molecular flexibility index (Phi) is 3.69. The molecule has 0 saturated heterocycles. The molecular formula is C17H12N2O2. The fourth-order valence-corrected chi connectivity index (χ4v) is 1.86. The number of nitrogens with zero attached hydrogens (tertiary/aromatic N) is 2. The molecule has 0 radical (unpaired) electrons. The highest BCUT2D eigenvalue weighted by molar-refractivity contribution is 5.67. The van der Waals surface area contributed by atoms with Gasteiger partial charge in [0.2, 0.25) is 5.89 Å². The molecule has 0 spiro atoms. The van der Waals surface area contributed by atoms with E-state index in [-0.39, 0.29) is 5.56 Å². The van der Waals surface area contributed by atoms with E-state index in [1.165, 1.54) is 6.07 Å². The fourth-order valence-electron chi connectivity index (χ4n) is 1.86. The van der Waals surface area contributed by atoms with E-state index >= 15 is 0 Å². The Hall–Kier alpha value is -3.01. The lowest BCUT2D eigenvalue weighted by Crippen LogP contribution is -2.05. The van der Waals surface area contributed by atoms with Crippen LogP contribution in [0.15, 0.2) is 70.1 Å². The van der Waals surface area contributed by atoms with Crippen LogP contribution in [0.3, 0.4) is 0 Å². The molecule has 0 amide bonds. The molecule has 3 rings (SSSR count). The second-order valence-corrected chi connectivity index (χ2v) is 4.39. The molecule has 0 N–H and O–H groups in total. The Labute approximate surface area is 121 Å². The van der Waals surface area contributed by atoms with Crippen LogP contribution in [0.25, 0.3) is 23.6 Å². The number of hydrogen-bond acceptors (Lipinski definition) is 4. The minimum Gasteiger partial charge on any atom is -0.438 e. The Morgan fingerprint density at radius 3 is 2.62 bits per heavy atom. The average molecular weight is 276 g/mol. The first-order valence-corrected chi connectivity index (χ1v) is 6.47. The molecule has 0 fully saturated rings. The minimum atomic E-state index is -0.328. The molecular weight excluding hydrogens is 264 g/mol. The van der Waals surface area contributed by atoms with Gasteiger partial charge in [-0.05, 0) is 35.9 Å². The highest BCUT2D eigenvalue weighted by Gasteiger charge is 2.04. The molecule has 4 heteroatoms. The van der Waals surface area contributed by atoms with Gasteiger partial charge < -0.3 is 4.42 Å². The molecule has 0 bridgehead atoms. The molecule has 0 aliphatic carbocycles. The van der Waals surface area contributed by atoms with E-state index in [9.17, 15) is 4.79 Å². The topological polar surface area (TPSA) is 56.0 Å². The van der Waals surface area contributed by atoms with Crippen molar-refractivity contribution >= 4 is 12.2 Å². The van der Waals surface area contributed by atoms with Crippen LogP contribution in [0.2, 0.25) is 0 Å². The Morgan fingerprint density at radius 1 is 1.00 bits per heavy atom. The van der Waals surface area contributed by atoms with Crippen molar-refractivity contribution in [3.63, 3.8) is 0 Å². The molecule has 0 saturated carbocycles. The van der Waals surface area contributed by atoms with Gasteiger partial charge in [0.15, 0.2) is 0 Å². The SMILES string of the molecule is O=c1cc(/C=C/c2cccnc2)oc(-c2ccccc2)n1. The molecule has 0 aliphatic rings. The molecule has 3 aromatic rings. The van der Waals surface area contributed by atoms with Crippen molar-refractivity contribution in [2.24, 2.45) is 0 Å². The standard InChI is InChI=1S/C17H12N2O2/c20-16-11-15(9-8-13-5-4-10-18-12-13)21-17(19-16)14-6-2-1-3-7-14/h1-12H/b9-8+. The van der Waals surface area contributed by atoms with Crippen molar-refractivity contribution in [1.29, 1.82) is 0 Å². The largest absolute Gasteiger partial charge is 0.438 e. The summed E-state index contributed by atoms with van der Waals surface area (Å²) in [5.41, 5.74) is 1.37. The zero-order valence-corrected chi connectivity index (χ0v) is 11.1. The second-order valence-electron chi connectivity index (χ2n) is 4.39. The van der Waals surface area contributed by atoms with E-state index in [0.717, 1.165) is 11.1 Å². The summed E-state index contributed by atoms with van der Waals surface area (Å²) >= 11 is 0. The Bertz CT molecular complexity index is 809. The van der Waals surface area contributed by atoms with Gasteiger partial charge >= 0.3 is 0 Å². The van der Waals surface area contributed by atoms with Crippen LogP contribution < -0.4 is 5.56 Å². The van der Waals surface area contributed by atoms with Gasteiger partial charge in [0.25, 0.3) is 5.56 Å². The fraction of sp³-hybridized carbons (Fsp3) is 0. The number of hydrogen-bond donors (Lipinski definition) is 0. The van der Waals surface area contributed by atoms with Crippen molar-refractivity contribution in [1.82, 2.24) is 9.97 Å². The molecule has 21 heavy (non-hydrogen) atoms. The van der Waals surface area contributed by atoms with Gasteiger partial charge in [0, 0.05) is 24.0 Å². The number of rotatable bonds is 3. The first kappa shape index (κ1) is 13.0. The highest BCUT2D eigenvalue weighted by atomic mass is 16.3. The van der Waals surface area contributed by atoms with Crippen molar-refractivity contribution in [2.45, 2.75) is 0 Å². The van der Waals surface area contributed by atoms with Gasteiger partial charge in [-0.25, -0.2) is 0 Å². The summed E-state index contributed by atoms with van der Waals surface area (Å²) in [6.45, 7) is 0. The molecule has 0 atom stereocenters. The molecule has 0 unspecified atom stereocenters. The maximum atomic E-state index is 11.7. The first-order chi connectivity index (χ1) is 10.3. The van der Waals surface area contributed by atoms with Crippen LogP contribution in [-0.4, -0.2) is 9.97 Å². The first-order valence-electron chi connectivity index (χ1n) is 6.47. The lowest BCUT2D eigenvalue weighted by molar-refractivity contribution is 0.532. The van der Waals surface area contributed by atoms with Crippen LogP contribution in [0, 0.1) is 0 Å². The number of aromatic nitrogens is 2. The summed E-state index contributed by atoms with van der Waals surface area (Å²) in [5.74, 6) is 0.770. The van der Waals surface area contributed by atoms with Gasteiger partial charge in [-0.15, -0.1) is 0 Å². The molecule has 2 aromatic heterocycles. The van der Waals surface area contributed by atoms with Crippen molar-refractivity contribution < 1.29 is 4.42 Å². The molecule has 0 aliphatic heterocycles. The van der Waals surface area contributed by atoms with Crippen LogP contribution in [0.4, 0.5) is 0 Å².